The van der Waals surface area contributed by atoms with Gasteiger partial charge in [0, 0.05) is 17.0 Å². The Labute approximate surface area is 131 Å². The van der Waals surface area contributed by atoms with Crippen LogP contribution in [-0.4, -0.2) is 31.6 Å². The molecule has 2 aromatic carbocycles. The van der Waals surface area contributed by atoms with Crippen molar-refractivity contribution in [3.05, 3.63) is 61.4 Å². The number of nitro groups is 2. The molecule has 24 heavy (non-hydrogen) atoms. The third-order valence-corrected chi connectivity index (χ3v) is 3.63. The number of phenols is 1. The third kappa shape index (κ3) is 1.90. The monoisotopic (exact) mass is 330 g/mol. The summed E-state index contributed by atoms with van der Waals surface area (Å²) in [7, 11) is 0. The van der Waals surface area contributed by atoms with E-state index in [4.69, 9.17) is 0 Å². The average molecular weight is 330 g/mol. The molecule has 0 aliphatic heterocycles. The van der Waals surface area contributed by atoms with Gasteiger partial charge in [-0.1, -0.05) is 0 Å². The zero-order valence-corrected chi connectivity index (χ0v) is 11.5. The highest BCUT2D eigenvalue weighted by atomic mass is 16.6. The van der Waals surface area contributed by atoms with Gasteiger partial charge in [0.05, 0.1) is 20.8 Å². The summed E-state index contributed by atoms with van der Waals surface area (Å²) in [6, 6.07) is 3.92. The number of hydrogen-bond acceptors (Lipinski definition) is 8. The molecule has 0 radical (unpaired) electrons. The van der Waals surface area contributed by atoms with Crippen LogP contribution in [0, 0.1) is 20.2 Å². The van der Waals surface area contributed by atoms with Crippen LogP contribution in [0.1, 0.15) is 15.9 Å². The number of ketones is 2. The summed E-state index contributed by atoms with van der Waals surface area (Å²) < 4.78 is 0. The largest absolute Gasteiger partial charge is 0.507 e. The molecule has 0 saturated carbocycles. The molecule has 2 N–H and O–H groups in total. The normalized spacial score (nSPS) is 14.0. The van der Waals surface area contributed by atoms with E-state index in [1.54, 1.807) is 0 Å². The molecule has 2 aromatic rings. The minimum absolute atomic E-state index is 0.117. The fraction of sp³-hybridized carbons (Fsp3) is 0. The number of aromatic hydroxyl groups is 1. The van der Waals surface area contributed by atoms with Crippen LogP contribution in [0.3, 0.4) is 0 Å². The molecule has 0 saturated heterocycles. The van der Waals surface area contributed by atoms with Crippen LogP contribution in [0.15, 0.2) is 30.0 Å². The minimum atomic E-state index is -1.46. The molecule has 0 amide bonds. The number of rotatable bonds is 2. The molecular formula is C14H6N2O8. The number of nitro benzene ring substituents is 1. The lowest BCUT2D eigenvalue weighted by atomic mass is 9.88. The van der Waals surface area contributed by atoms with Gasteiger partial charge in [-0.2, -0.15) is 0 Å². The number of non-ortho nitro benzene ring substituents is 1. The van der Waals surface area contributed by atoms with Crippen molar-refractivity contribution < 1.29 is 29.6 Å². The summed E-state index contributed by atoms with van der Waals surface area (Å²) in [5.74, 6) is -4.40. The third-order valence-electron chi connectivity index (χ3n) is 3.63. The number of benzene rings is 2. The van der Waals surface area contributed by atoms with E-state index in [-0.39, 0.29) is 10.8 Å². The summed E-state index contributed by atoms with van der Waals surface area (Å²) in [6.07, 6.45) is 0. The first-order valence-electron chi connectivity index (χ1n) is 6.35. The quantitative estimate of drug-likeness (QED) is 0.478. The van der Waals surface area contributed by atoms with Crippen LogP contribution < -0.4 is 0 Å². The number of nitrogens with zero attached hydrogens (tertiary/aromatic N) is 2. The van der Waals surface area contributed by atoms with E-state index >= 15 is 0 Å². The summed E-state index contributed by atoms with van der Waals surface area (Å²) in [4.78, 5) is 44.1. The number of aliphatic hydroxyl groups excluding tert-OH is 1. The van der Waals surface area contributed by atoms with Crippen molar-refractivity contribution in [2.45, 2.75) is 0 Å². The number of hydrogen-bond donors (Lipinski definition) is 2. The van der Waals surface area contributed by atoms with Gasteiger partial charge in [-0.05, 0) is 18.2 Å². The van der Waals surface area contributed by atoms with E-state index in [9.17, 15) is 40.0 Å². The number of carbonyl (C=O) groups excluding carboxylic acids is 2. The first-order valence-corrected chi connectivity index (χ1v) is 6.35. The number of allylic oxidation sites excluding steroid dienone is 1. The highest BCUT2D eigenvalue weighted by Gasteiger charge is 2.40. The topological polar surface area (TPSA) is 161 Å². The second-order valence-corrected chi connectivity index (χ2v) is 4.92. The van der Waals surface area contributed by atoms with Gasteiger partial charge in [0.25, 0.3) is 11.5 Å². The molecule has 0 atom stereocenters. The standard InChI is InChI=1S/C14H6N2O8/c17-10-2-1-9(15(21)22)5-3-7-8(4-6(5)10)12(18)14(20)13(19)11(7)16(23)24/h1-4,17,19H. The van der Waals surface area contributed by atoms with Gasteiger partial charge in [0.2, 0.25) is 11.5 Å². The van der Waals surface area contributed by atoms with Gasteiger partial charge < -0.3 is 10.2 Å². The lowest BCUT2D eigenvalue weighted by Gasteiger charge is -2.14. The lowest BCUT2D eigenvalue weighted by molar-refractivity contribution is -0.383. The Morgan fingerprint density at radius 1 is 0.833 bits per heavy atom. The van der Waals surface area contributed by atoms with Gasteiger partial charge in [0.1, 0.15) is 5.75 Å². The van der Waals surface area contributed by atoms with Gasteiger partial charge >= 0.3 is 5.70 Å². The molecule has 10 nitrogen and oxygen atoms in total. The Bertz CT molecular complexity index is 1020. The van der Waals surface area contributed by atoms with Gasteiger partial charge in [-0.3, -0.25) is 29.8 Å². The molecule has 0 aromatic heterocycles. The van der Waals surface area contributed by atoms with Crippen molar-refractivity contribution in [2.75, 3.05) is 0 Å². The SMILES string of the molecule is O=C1C(=O)c2cc3c(O)ccc([N+](=O)[O-])c3cc2C([N+](=O)[O-])=C1O. The van der Waals surface area contributed by atoms with Crippen molar-refractivity contribution >= 4 is 33.7 Å². The van der Waals surface area contributed by atoms with Crippen molar-refractivity contribution in [3.63, 3.8) is 0 Å². The Hall–Kier alpha value is -3.82. The fourth-order valence-corrected chi connectivity index (χ4v) is 2.55. The maximum absolute atomic E-state index is 12.0. The summed E-state index contributed by atoms with van der Waals surface area (Å²) in [5, 5.41) is 41.4. The predicted molar refractivity (Wildman–Crippen MR) is 78.1 cm³/mol. The number of fused-ring (bicyclic) bond motifs is 2. The molecule has 0 spiro atoms. The number of Topliss-reactive ketones (excluding diaryl/α,β-unsaturated/α-hetero) is 2. The number of aliphatic hydroxyl groups is 1. The Morgan fingerprint density at radius 3 is 2.04 bits per heavy atom. The number of phenolic OH excluding ortho intramolecular Hbond substituents is 1. The minimum Gasteiger partial charge on any atom is -0.507 e. The molecule has 10 heteroatoms. The number of carbonyl (C=O) groups is 2. The Kier molecular flexibility index (Phi) is 3.04. The summed E-state index contributed by atoms with van der Waals surface area (Å²) in [5.41, 5.74) is -2.33. The van der Waals surface area contributed by atoms with Crippen LogP contribution in [0.5, 0.6) is 5.75 Å². The van der Waals surface area contributed by atoms with E-state index < -0.39 is 55.4 Å². The fourth-order valence-electron chi connectivity index (χ4n) is 2.55. The van der Waals surface area contributed by atoms with E-state index in [1.807, 2.05) is 0 Å². The summed E-state index contributed by atoms with van der Waals surface area (Å²) >= 11 is 0. The van der Waals surface area contributed by atoms with Crippen LogP contribution in [0.4, 0.5) is 5.69 Å². The van der Waals surface area contributed by atoms with Crippen molar-refractivity contribution in [1.82, 2.24) is 0 Å². The molecule has 0 unspecified atom stereocenters. The molecule has 0 bridgehead atoms. The Morgan fingerprint density at radius 2 is 1.46 bits per heavy atom. The highest BCUT2D eigenvalue weighted by Crippen LogP contribution is 2.38. The molecule has 0 fully saturated rings. The van der Waals surface area contributed by atoms with Crippen LogP contribution in [-0.2, 0) is 4.79 Å². The smallest absolute Gasteiger partial charge is 0.322 e. The Balaban J connectivity index is 2.51. The van der Waals surface area contributed by atoms with E-state index in [1.165, 1.54) is 0 Å². The van der Waals surface area contributed by atoms with Crippen molar-refractivity contribution in [3.8, 4) is 5.75 Å². The zero-order valence-electron chi connectivity index (χ0n) is 11.5. The average Bonchev–Trinajstić information content (AvgIpc) is 2.51. The highest BCUT2D eigenvalue weighted by molar-refractivity contribution is 6.51. The first-order chi connectivity index (χ1) is 11.2. The molecule has 120 valence electrons. The van der Waals surface area contributed by atoms with Gasteiger partial charge in [-0.15, -0.1) is 0 Å². The van der Waals surface area contributed by atoms with E-state index in [2.05, 4.69) is 0 Å². The van der Waals surface area contributed by atoms with Gasteiger partial charge in [0.15, 0.2) is 0 Å². The van der Waals surface area contributed by atoms with E-state index in [0.717, 1.165) is 24.3 Å². The maximum atomic E-state index is 12.0. The molecule has 3 rings (SSSR count). The first kappa shape index (κ1) is 15.1. The molecule has 1 aliphatic carbocycles. The summed E-state index contributed by atoms with van der Waals surface area (Å²) in [6.45, 7) is 0. The van der Waals surface area contributed by atoms with Crippen LogP contribution in [0.2, 0.25) is 0 Å². The maximum Gasteiger partial charge on any atom is 0.322 e. The molecular weight excluding hydrogens is 324 g/mol. The predicted octanol–water partition coefficient (Wildman–Crippen LogP) is 1.72. The van der Waals surface area contributed by atoms with Gasteiger partial charge in [-0.25, -0.2) is 0 Å². The van der Waals surface area contributed by atoms with Crippen molar-refractivity contribution in [1.29, 1.82) is 0 Å². The second kappa shape index (κ2) is 4.84. The van der Waals surface area contributed by atoms with Crippen molar-refractivity contribution in [2.24, 2.45) is 0 Å². The van der Waals surface area contributed by atoms with Crippen LogP contribution in [0.25, 0.3) is 16.5 Å². The van der Waals surface area contributed by atoms with E-state index in [0.29, 0.717) is 0 Å². The zero-order chi connectivity index (χ0) is 17.8. The lowest BCUT2D eigenvalue weighted by Crippen LogP contribution is -2.26. The molecule has 0 heterocycles. The molecule has 1 aliphatic rings. The van der Waals surface area contributed by atoms with Crippen LogP contribution >= 0.6 is 0 Å². The second-order valence-electron chi connectivity index (χ2n) is 4.92.